The van der Waals surface area contributed by atoms with Gasteiger partial charge in [0.2, 0.25) is 0 Å². The second-order valence-electron chi connectivity index (χ2n) is 4.84. The maximum Gasteiger partial charge on any atom is 0.264 e. The summed E-state index contributed by atoms with van der Waals surface area (Å²) < 4.78 is 27.4. The summed E-state index contributed by atoms with van der Waals surface area (Å²) in [6, 6.07) is 3.34. The molecule has 0 saturated carbocycles. The van der Waals surface area contributed by atoms with Crippen molar-refractivity contribution in [2.45, 2.75) is 32.6 Å². The van der Waals surface area contributed by atoms with Gasteiger partial charge in [0.1, 0.15) is 0 Å². The normalized spacial score (nSPS) is 11.4. The molecule has 0 aliphatic heterocycles. The van der Waals surface area contributed by atoms with E-state index in [1.165, 1.54) is 0 Å². The Kier molecular flexibility index (Phi) is 3.82. The zero-order valence-corrected chi connectivity index (χ0v) is 13.1. The van der Waals surface area contributed by atoms with E-state index >= 15 is 0 Å². The number of aryl methyl sites for hydroxylation is 3. The molecule has 1 heterocycles. The minimum Gasteiger partial charge on any atom is -0.398 e. The van der Waals surface area contributed by atoms with Crippen LogP contribution in [0.2, 0.25) is 0 Å². The number of nitrogens with zero attached hydrogens (tertiary/aromatic N) is 3. The van der Waals surface area contributed by atoms with Crippen molar-refractivity contribution in [1.29, 1.82) is 0 Å². The molecule has 0 radical (unpaired) electrons. The Morgan fingerprint density at radius 2 is 1.71 bits per heavy atom. The first-order chi connectivity index (χ1) is 9.72. The van der Waals surface area contributed by atoms with Gasteiger partial charge < -0.3 is 5.73 Å². The number of anilines is 2. The topological polar surface area (TPSA) is 111 Å². The van der Waals surface area contributed by atoms with Crippen LogP contribution >= 0.6 is 0 Å². The summed E-state index contributed by atoms with van der Waals surface area (Å²) >= 11 is 0. The van der Waals surface area contributed by atoms with Crippen molar-refractivity contribution in [3.8, 4) is 0 Å². The second kappa shape index (κ2) is 5.28. The molecule has 0 atom stereocenters. The summed E-state index contributed by atoms with van der Waals surface area (Å²) in [5.74, 6) is -0.0562. The van der Waals surface area contributed by atoms with E-state index in [0.29, 0.717) is 28.2 Å². The molecule has 112 valence electrons. The van der Waals surface area contributed by atoms with Crippen molar-refractivity contribution in [3.05, 3.63) is 34.6 Å². The van der Waals surface area contributed by atoms with Gasteiger partial charge in [-0.05, 0) is 44.9 Å². The number of aromatic nitrogens is 3. The van der Waals surface area contributed by atoms with E-state index in [1.54, 1.807) is 39.8 Å². The predicted octanol–water partition coefficient (Wildman–Crippen LogP) is 1.49. The van der Waals surface area contributed by atoms with Crippen LogP contribution in [0.25, 0.3) is 0 Å². The van der Waals surface area contributed by atoms with Gasteiger partial charge in [-0.2, -0.15) is 5.10 Å². The number of nitrogens with one attached hydrogen (secondary N) is 1. The predicted molar refractivity (Wildman–Crippen MR) is 80.4 cm³/mol. The highest BCUT2D eigenvalue weighted by atomic mass is 32.2. The zero-order valence-electron chi connectivity index (χ0n) is 12.3. The average Bonchev–Trinajstić information content (AvgIpc) is 2.38. The summed E-state index contributed by atoms with van der Waals surface area (Å²) in [5, 5.41) is 7.60. The standard InChI is InChI=1S/C13H17N5O2S/c1-7-5-6-11(14)8(2)12(7)21(19,20)18-13-15-9(3)10(4)16-17-13/h5-6H,14H2,1-4H3,(H,15,17,18). The molecule has 7 nitrogen and oxygen atoms in total. The number of nitrogens with two attached hydrogens (primary N) is 1. The fourth-order valence-electron chi connectivity index (χ4n) is 1.93. The Bertz CT molecular complexity index is 802. The van der Waals surface area contributed by atoms with Crippen LogP contribution in [0.15, 0.2) is 17.0 Å². The molecule has 0 unspecified atom stereocenters. The molecule has 0 aliphatic rings. The Morgan fingerprint density at radius 1 is 1.05 bits per heavy atom. The van der Waals surface area contributed by atoms with Crippen LogP contribution < -0.4 is 10.5 Å². The van der Waals surface area contributed by atoms with Crippen molar-refractivity contribution in [2.24, 2.45) is 0 Å². The molecule has 2 aromatic rings. The second-order valence-corrected chi connectivity index (χ2v) is 6.46. The maximum absolute atomic E-state index is 12.5. The third kappa shape index (κ3) is 2.94. The molecular weight excluding hydrogens is 290 g/mol. The Morgan fingerprint density at radius 3 is 2.33 bits per heavy atom. The molecule has 1 aromatic heterocycles. The van der Waals surface area contributed by atoms with Gasteiger partial charge in [-0.1, -0.05) is 6.07 Å². The highest BCUT2D eigenvalue weighted by Gasteiger charge is 2.22. The van der Waals surface area contributed by atoms with Crippen LogP contribution in [-0.4, -0.2) is 23.6 Å². The smallest absolute Gasteiger partial charge is 0.264 e. The average molecular weight is 307 g/mol. The molecule has 2 rings (SSSR count). The molecule has 21 heavy (non-hydrogen) atoms. The van der Waals surface area contributed by atoms with Crippen molar-refractivity contribution in [1.82, 2.24) is 15.2 Å². The number of rotatable bonds is 3. The number of hydrogen-bond donors (Lipinski definition) is 2. The van der Waals surface area contributed by atoms with Crippen LogP contribution in [0, 0.1) is 27.7 Å². The van der Waals surface area contributed by atoms with E-state index in [2.05, 4.69) is 19.9 Å². The molecular formula is C13H17N5O2S. The molecule has 3 N–H and O–H groups in total. The Labute approximate surface area is 123 Å². The molecule has 0 saturated heterocycles. The summed E-state index contributed by atoms with van der Waals surface area (Å²) in [6.07, 6.45) is 0. The first-order valence-corrected chi connectivity index (χ1v) is 7.77. The van der Waals surface area contributed by atoms with E-state index in [0.717, 1.165) is 0 Å². The lowest BCUT2D eigenvalue weighted by Crippen LogP contribution is -2.19. The first-order valence-electron chi connectivity index (χ1n) is 6.29. The van der Waals surface area contributed by atoms with Gasteiger partial charge in [-0.3, -0.25) is 0 Å². The summed E-state index contributed by atoms with van der Waals surface area (Å²) in [6.45, 7) is 6.86. The van der Waals surface area contributed by atoms with Crippen LogP contribution in [0.3, 0.4) is 0 Å². The minimum atomic E-state index is -3.82. The third-order valence-electron chi connectivity index (χ3n) is 3.23. The fourth-order valence-corrected chi connectivity index (χ4v) is 3.37. The Balaban J connectivity index is 2.48. The van der Waals surface area contributed by atoms with E-state index in [-0.39, 0.29) is 10.8 Å². The van der Waals surface area contributed by atoms with Gasteiger partial charge in [-0.25, -0.2) is 18.1 Å². The quantitative estimate of drug-likeness (QED) is 0.831. The number of sulfonamides is 1. The fraction of sp³-hybridized carbons (Fsp3) is 0.308. The van der Waals surface area contributed by atoms with E-state index in [1.807, 2.05) is 0 Å². The van der Waals surface area contributed by atoms with Gasteiger partial charge in [-0.15, -0.1) is 5.10 Å². The lowest BCUT2D eigenvalue weighted by atomic mass is 10.1. The Hall–Kier alpha value is -2.22. The van der Waals surface area contributed by atoms with Gasteiger partial charge >= 0.3 is 0 Å². The highest BCUT2D eigenvalue weighted by Crippen LogP contribution is 2.25. The van der Waals surface area contributed by atoms with Crippen molar-refractivity contribution >= 4 is 21.7 Å². The molecule has 0 fully saturated rings. The largest absolute Gasteiger partial charge is 0.398 e. The highest BCUT2D eigenvalue weighted by molar-refractivity contribution is 7.92. The van der Waals surface area contributed by atoms with Gasteiger partial charge in [0, 0.05) is 5.69 Å². The lowest BCUT2D eigenvalue weighted by Gasteiger charge is -2.13. The number of nitrogen functional groups attached to an aromatic ring is 1. The van der Waals surface area contributed by atoms with E-state index in [4.69, 9.17) is 5.73 Å². The number of hydrogen-bond acceptors (Lipinski definition) is 6. The van der Waals surface area contributed by atoms with Crippen LogP contribution in [0.1, 0.15) is 22.5 Å². The SMILES string of the molecule is Cc1ccc(N)c(C)c1S(=O)(=O)Nc1nnc(C)c(C)n1. The lowest BCUT2D eigenvalue weighted by molar-refractivity contribution is 0.599. The van der Waals surface area contributed by atoms with Crippen LogP contribution in [-0.2, 0) is 10.0 Å². The monoisotopic (exact) mass is 307 g/mol. The molecule has 1 aromatic carbocycles. The number of benzene rings is 1. The summed E-state index contributed by atoms with van der Waals surface area (Å²) in [7, 11) is -3.82. The van der Waals surface area contributed by atoms with E-state index in [9.17, 15) is 8.42 Å². The molecule has 0 spiro atoms. The molecule has 8 heteroatoms. The molecule has 0 aliphatic carbocycles. The van der Waals surface area contributed by atoms with Gasteiger partial charge in [0.25, 0.3) is 16.0 Å². The molecule has 0 amide bonds. The third-order valence-corrected chi connectivity index (χ3v) is 4.85. The van der Waals surface area contributed by atoms with Crippen molar-refractivity contribution in [3.63, 3.8) is 0 Å². The minimum absolute atomic E-state index is 0.0562. The van der Waals surface area contributed by atoms with Crippen molar-refractivity contribution in [2.75, 3.05) is 10.5 Å². The molecule has 0 bridgehead atoms. The van der Waals surface area contributed by atoms with Crippen LogP contribution in [0.5, 0.6) is 0 Å². The van der Waals surface area contributed by atoms with Crippen LogP contribution in [0.4, 0.5) is 11.6 Å². The van der Waals surface area contributed by atoms with Gasteiger partial charge in [0.15, 0.2) is 0 Å². The summed E-state index contributed by atoms with van der Waals surface area (Å²) in [4.78, 5) is 4.21. The van der Waals surface area contributed by atoms with Gasteiger partial charge in [0.05, 0.1) is 16.3 Å². The zero-order chi connectivity index (χ0) is 15.8. The first kappa shape index (κ1) is 15.2. The maximum atomic E-state index is 12.5. The van der Waals surface area contributed by atoms with Crippen molar-refractivity contribution < 1.29 is 8.42 Å². The summed E-state index contributed by atoms with van der Waals surface area (Å²) in [5.41, 5.74) is 8.57. The van der Waals surface area contributed by atoms with E-state index < -0.39 is 10.0 Å².